The maximum Gasteiger partial charge on any atom is 0.161 e. The van der Waals surface area contributed by atoms with Gasteiger partial charge in [0.25, 0.3) is 0 Å². The van der Waals surface area contributed by atoms with E-state index in [1.165, 1.54) is 40.8 Å². The molecular weight excluding hydrogens is 248 g/mol. The third-order valence-electron chi connectivity index (χ3n) is 3.74. The lowest BCUT2D eigenvalue weighted by Crippen LogP contribution is -2.06. The Hall–Kier alpha value is -1.38. The van der Waals surface area contributed by atoms with Gasteiger partial charge in [0.15, 0.2) is 9.76 Å². The molecule has 0 spiro atoms. The molecule has 0 aromatic heterocycles. The Morgan fingerprint density at radius 3 is 2.58 bits per heavy atom. The van der Waals surface area contributed by atoms with Gasteiger partial charge in [-0.1, -0.05) is 55.0 Å². The van der Waals surface area contributed by atoms with Gasteiger partial charge in [-0.05, 0) is 40.8 Å². The molecule has 0 unspecified atom stereocenters. The van der Waals surface area contributed by atoms with E-state index in [0.717, 1.165) is 13.0 Å². The molecule has 1 fully saturated rings. The monoisotopic (exact) mass is 268 g/mol. The summed E-state index contributed by atoms with van der Waals surface area (Å²) in [6.07, 6.45) is 8.28. The third kappa shape index (κ3) is 2.96. The topological polar surface area (TPSA) is 9.23 Å². The first-order chi connectivity index (χ1) is 9.45. The van der Waals surface area contributed by atoms with Crippen LogP contribution in [-0.2, 0) is 10.8 Å². The number of benzene rings is 2. The second-order valence-electron chi connectivity index (χ2n) is 5.14. The van der Waals surface area contributed by atoms with E-state index in [-0.39, 0.29) is 9.76 Å². The van der Waals surface area contributed by atoms with Gasteiger partial charge in [0, 0.05) is 6.61 Å². The van der Waals surface area contributed by atoms with Crippen molar-refractivity contribution in [3.8, 4) is 0 Å². The fourth-order valence-electron chi connectivity index (χ4n) is 2.76. The van der Waals surface area contributed by atoms with Crippen LogP contribution < -0.4 is 0 Å². The van der Waals surface area contributed by atoms with Crippen molar-refractivity contribution in [1.82, 2.24) is 0 Å². The predicted molar refractivity (Wildman–Crippen MR) is 85.2 cm³/mol. The highest BCUT2D eigenvalue weighted by molar-refractivity contribution is 6.27. The van der Waals surface area contributed by atoms with Gasteiger partial charge in [-0.15, -0.1) is 0 Å². The summed E-state index contributed by atoms with van der Waals surface area (Å²) >= 11 is 0. The van der Waals surface area contributed by atoms with Crippen LogP contribution >= 0.6 is 0 Å². The van der Waals surface area contributed by atoms with Crippen LogP contribution in [0.5, 0.6) is 0 Å². The Bertz CT molecular complexity index is 568. The molecule has 4 rings (SSSR count). The maximum absolute atomic E-state index is 5.21. The lowest BCUT2D eigenvalue weighted by molar-refractivity contribution is 0.304. The molecule has 1 aliphatic carbocycles. The van der Waals surface area contributed by atoms with Crippen molar-refractivity contribution in [3.05, 3.63) is 53.6 Å². The van der Waals surface area contributed by atoms with E-state index in [2.05, 4.69) is 48.6 Å². The standard InChI is InChI=1S/C13H10.C4H10OSi/c1-4-10-6-2-8-12-9-3-7-11(5-1)13(10)12;1-2-4-6-5-3-1/h1-8H,9H2;1-4,6H2. The molecule has 0 N–H and O–H groups in total. The minimum atomic E-state index is 0.00849. The van der Waals surface area contributed by atoms with Gasteiger partial charge < -0.3 is 4.43 Å². The maximum atomic E-state index is 5.21. The van der Waals surface area contributed by atoms with Crippen molar-refractivity contribution in [2.24, 2.45) is 0 Å². The Morgan fingerprint density at radius 2 is 1.89 bits per heavy atom. The normalized spacial score (nSPS) is 18.1. The van der Waals surface area contributed by atoms with Gasteiger partial charge in [0.05, 0.1) is 0 Å². The number of rotatable bonds is 0. The molecule has 2 aromatic carbocycles. The van der Waals surface area contributed by atoms with Gasteiger partial charge in [-0.3, -0.25) is 0 Å². The highest BCUT2D eigenvalue weighted by Gasteiger charge is 2.06. The minimum absolute atomic E-state index is 0.00849. The second kappa shape index (κ2) is 6.18. The molecule has 1 aliphatic heterocycles. The SMILES string of the molecule is C1=Cc2cccc3cccc(c23)C1.C1CC[SiH2]OC1. The molecule has 0 atom stereocenters. The van der Waals surface area contributed by atoms with Crippen LogP contribution in [0, 0.1) is 0 Å². The summed E-state index contributed by atoms with van der Waals surface area (Å²) in [5, 5.41) is 2.80. The minimum Gasteiger partial charge on any atom is -0.424 e. The molecule has 2 aromatic rings. The lowest BCUT2D eigenvalue weighted by atomic mass is 9.93. The molecule has 0 bridgehead atoms. The molecule has 0 saturated carbocycles. The summed E-state index contributed by atoms with van der Waals surface area (Å²) in [7, 11) is 0.00849. The van der Waals surface area contributed by atoms with E-state index in [1.807, 2.05) is 0 Å². The Balaban J connectivity index is 0.000000155. The van der Waals surface area contributed by atoms with Gasteiger partial charge in [-0.25, -0.2) is 0 Å². The Kier molecular flexibility index (Phi) is 4.11. The van der Waals surface area contributed by atoms with Gasteiger partial charge >= 0.3 is 0 Å². The van der Waals surface area contributed by atoms with Crippen LogP contribution in [0.15, 0.2) is 42.5 Å². The van der Waals surface area contributed by atoms with Crippen LogP contribution in [0.25, 0.3) is 16.8 Å². The smallest absolute Gasteiger partial charge is 0.161 e. The molecule has 0 radical (unpaired) electrons. The van der Waals surface area contributed by atoms with Crippen LogP contribution in [0.2, 0.25) is 6.04 Å². The quantitative estimate of drug-likeness (QED) is 0.662. The molecule has 2 aliphatic rings. The van der Waals surface area contributed by atoms with E-state index >= 15 is 0 Å². The van der Waals surface area contributed by atoms with E-state index in [4.69, 9.17) is 4.43 Å². The molecular formula is C17H20OSi. The molecule has 1 nitrogen and oxygen atoms in total. The van der Waals surface area contributed by atoms with Crippen molar-refractivity contribution >= 4 is 26.6 Å². The zero-order valence-corrected chi connectivity index (χ0v) is 12.7. The fraction of sp³-hybridized carbons (Fsp3) is 0.294. The number of hydrogen-bond donors (Lipinski definition) is 0. The van der Waals surface area contributed by atoms with Crippen LogP contribution in [-0.4, -0.2) is 16.4 Å². The third-order valence-corrected chi connectivity index (χ3v) is 5.10. The Labute approximate surface area is 117 Å². The summed E-state index contributed by atoms with van der Waals surface area (Å²) in [5.41, 5.74) is 2.81. The van der Waals surface area contributed by atoms with Gasteiger partial charge in [0.1, 0.15) is 0 Å². The van der Waals surface area contributed by atoms with E-state index < -0.39 is 0 Å². The first-order valence-corrected chi connectivity index (χ1v) is 8.78. The average molecular weight is 268 g/mol. The predicted octanol–water partition coefficient (Wildman–Crippen LogP) is 3.71. The van der Waals surface area contributed by atoms with Crippen molar-refractivity contribution in [2.45, 2.75) is 25.3 Å². The first-order valence-electron chi connectivity index (χ1n) is 7.20. The van der Waals surface area contributed by atoms with Crippen molar-refractivity contribution in [3.63, 3.8) is 0 Å². The van der Waals surface area contributed by atoms with Crippen LogP contribution in [0.3, 0.4) is 0 Å². The van der Waals surface area contributed by atoms with Crippen LogP contribution in [0.1, 0.15) is 24.0 Å². The first kappa shape index (κ1) is 12.6. The average Bonchev–Trinajstić information content (AvgIpc) is 2.51. The summed E-state index contributed by atoms with van der Waals surface area (Å²) in [4.78, 5) is 0. The van der Waals surface area contributed by atoms with E-state index in [0.29, 0.717) is 0 Å². The molecule has 98 valence electrons. The largest absolute Gasteiger partial charge is 0.424 e. The summed E-state index contributed by atoms with van der Waals surface area (Å²) in [6.45, 7) is 1.06. The molecule has 2 heteroatoms. The van der Waals surface area contributed by atoms with Crippen molar-refractivity contribution in [2.75, 3.05) is 6.61 Å². The highest BCUT2D eigenvalue weighted by atomic mass is 28.2. The zero-order chi connectivity index (χ0) is 12.9. The Morgan fingerprint density at radius 1 is 1.00 bits per heavy atom. The summed E-state index contributed by atoms with van der Waals surface area (Å²) in [5.74, 6) is 0. The van der Waals surface area contributed by atoms with E-state index in [9.17, 15) is 0 Å². The molecule has 0 amide bonds. The number of hydrogen-bond acceptors (Lipinski definition) is 1. The molecule has 19 heavy (non-hydrogen) atoms. The highest BCUT2D eigenvalue weighted by Crippen LogP contribution is 2.27. The second-order valence-corrected chi connectivity index (χ2v) is 6.67. The van der Waals surface area contributed by atoms with E-state index in [1.54, 1.807) is 0 Å². The summed E-state index contributed by atoms with van der Waals surface area (Å²) in [6, 6.07) is 14.4. The molecule has 1 heterocycles. The van der Waals surface area contributed by atoms with Gasteiger partial charge in [0.2, 0.25) is 0 Å². The van der Waals surface area contributed by atoms with Crippen LogP contribution in [0.4, 0.5) is 0 Å². The zero-order valence-electron chi connectivity index (χ0n) is 11.3. The summed E-state index contributed by atoms with van der Waals surface area (Å²) < 4.78 is 5.21. The number of allylic oxidation sites excluding steroid dienone is 1. The van der Waals surface area contributed by atoms with Gasteiger partial charge in [-0.2, -0.15) is 0 Å². The van der Waals surface area contributed by atoms with Crippen molar-refractivity contribution < 1.29 is 4.43 Å². The lowest BCUT2D eigenvalue weighted by Gasteiger charge is -2.11. The molecule has 1 saturated heterocycles. The van der Waals surface area contributed by atoms with Crippen molar-refractivity contribution in [1.29, 1.82) is 0 Å². The fourth-order valence-corrected chi connectivity index (χ4v) is 3.93.